The first kappa shape index (κ1) is 13.0. The Kier molecular flexibility index (Phi) is 3.98. The predicted molar refractivity (Wildman–Crippen MR) is 66.8 cm³/mol. The minimum Gasteiger partial charge on any atom is -0.497 e. The van der Waals surface area contributed by atoms with Gasteiger partial charge in [-0.2, -0.15) is 0 Å². The van der Waals surface area contributed by atoms with Crippen molar-refractivity contribution in [2.45, 2.75) is 33.1 Å². The van der Waals surface area contributed by atoms with E-state index in [2.05, 4.69) is 26.8 Å². The Hall–Kier alpha value is -1.02. The maximum absolute atomic E-state index is 9.26. The lowest BCUT2D eigenvalue weighted by atomic mass is 9.80. The van der Waals surface area contributed by atoms with Crippen LogP contribution in [-0.4, -0.2) is 18.8 Å². The normalized spacial score (nSPS) is 11.9. The highest BCUT2D eigenvalue weighted by molar-refractivity contribution is 5.46. The van der Waals surface area contributed by atoms with Gasteiger partial charge in [0.15, 0.2) is 0 Å². The summed E-state index contributed by atoms with van der Waals surface area (Å²) in [4.78, 5) is 0. The lowest BCUT2D eigenvalue weighted by Gasteiger charge is -2.25. The average molecular weight is 221 g/mol. The summed E-state index contributed by atoms with van der Waals surface area (Å²) in [5.74, 6) is 1.81. The van der Waals surface area contributed by atoms with E-state index in [0.29, 0.717) is 0 Å². The molecule has 16 heavy (non-hydrogen) atoms. The molecule has 0 heterocycles. The number of hydrogen-bond acceptors (Lipinski definition) is 2. The fourth-order valence-electron chi connectivity index (χ4n) is 1.74. The lowest BCUT2D eigenvalue weighted by molar-refractivity contribution is 0.314. The van der Waals surface area contributed by atoms with E-state index in [4.69, 9.17) is 4.74 Å². The van der Waals surface area contributed by atoms with Crippen LogP contribution in [0.3, 0.4) is 0 Å². The van der Waals surface area contributed by atoms with E-state index in [1.54, 1.807) is 7.11 Å². The quantitative estimate of drug-likeness (QED) is 0.850. The molecule has 0 amide bonds. The fourth-order valence-corrected chi connectivity index (χ4v) is 1.74. The van der Waals surface area contributed by atoms with Gasteiger partial charge in [-0.1, -0.05) is 33.8 Å². The number of hydrogen-bond donors (Lipinski definition) is 1. The van der Waals surface area contributed by atoms with Crippen LogP contribution >= 0.6 is 0 Å². The van der Waals surface area contributed by atoms with Gasteiger partial charge in [0, 0.05) is 5.92 Å². The van der Waals surface area contributed by atoms with Crippen molar-refractivity contribution in [3.63, 3.8) is 0 Å². The van der Waals surface area contributed by atoms with Crippen molar-refractivity contribution in [1.29, 1.82) is 0 Å². The van der Waals surface area contributed by atoms with Gasteiger partial charge >= 0.3 is 0 Å². The first-order chi connectivity index (χ1) is 7.40. The summed E-state index contributed by atoms with van der Waals surface area (Å²) >= 11 is 0. The van der Waals surface area contributed by atoms with E-state index in [0.717, 1.165) is 17.2 Å². The minimum absolute atomic E-state index is 0.0675. The summed E-state index contributed by atoms with van der Waals surface area (Å²) < 4.78 is 5.22. The van der Waals surface area contributed by atoms with Gasteiger partial charge in [0.05, 0.1) is 13.7 Å². The molecular weight excluding hydrogens is 200 g/mol. The Bertz CT molecular complexity index is 350. The summed E-state index contributed by atoms with van der Waals surface area (Å²) in [6.45, 7) is 8.54. The Morgan fingerprint density at radius 1 is 1.31 bits per heavy atom. The third-order valence-corrected chi connectivity index (χ3v) is 2.73. The van der Waals surface area contributed by atoms with Crippen molar-refractivity contribution in [3.8, 4) is 5.75 Å². The van der Waals surface area contributed by atoms with Gasteiger partial charge < -0.3 is 9.84 Å². The van der Waals surface area contributed by atoms with Crippen LogP contribution < -0.4 is 4.74 Å². The van der Waals surface area contributed by atoms with E-state index < -0.39 is 0 Å². The van der Waals surface area contributed by atoms with Gasteiger partial charge in [-0.05, 0) is 28.7 Å². The first-order valence-electron chi connectivity index (χ1n) is 5.52. The third-order valence-electron chi connectivity index (χ3n) is 2.73. The predicted octanol–water partition coefficient (Wildman–Crippen LogP) is 2.93. The second-order valence-electron chi connectivity index (χ2n) is 5.10. The first-order valence-corrected chi connectivity index (χ1v) is 5.52. The summed E-state index contributed by atoms with van der Waals surface area (Å²) in [6, 6.07) is 6.04. The molecule has 0 aliphatic heterocycles. The lowest BCUT2D eigenvalue weighted by Crippen LogP contribution is -2.17. The average Bonchev–Trinajstić information content (AvgIpc) is 2.25. The highest BCUT2D eigenvalue weighted by atomic mass is 16.5. The molecule has 0 aliphatic rings. The summed E-state index contributed by atoms with van der Waals surface area (Å²) in [5.41, 5.74) is 2.40. The van der Waals surface area contributed by atoms with Gasteiger partial charge in [0.25, 0.3) is 0 Å². The molecule has 1 aromatic rings. The Balaban J connectivity index is 3.27. The van der Waals surface area contributed by atoms with E-state index in [9.17, 15) is 5.11 Å². The van der Waals surface area contributed by atoms with Gasteiger partial charge in [0.2, 0.25) is 0 Å². The van der Waals surface area contributed by atoms with Crippen molar-refractivity contribution in [2.75, 3.05) is 13.7 Å². The van der Waals surface area contributed by atoms with E-state index in [-0.39, 0.29) is 12.0 Å². The fraction of sp³-hybridized carbons (Fsp3) is 0.500. The molecule has 0 atom stereocenters. The standard InChI is InChI=1S/C14H21O2/c1-10(9-15)12-8-11(16-5)6-7-13(12)14(2,3)4/h6-8,15H,9H2,1-5H3. The van der Waals surface area contributed by atoms with Crippen LogP contribution in [-0.2, 0) is 5.41 Å². The number of aliphatic hydroxyl groups is 1. The molecule has 89 valence electrons. The van der Waals surface area contributed by atoms with Gasteiger partial charge in [-0.3, -0.25) is 0 Å². The summed E-state index contributed by atoms with van der Waals surface area (Å²) in [7, 11) is 1.66. The summed E-state index contributed by atoms with van der Waals surface area (Å²) in [6.07, 6.45) is 0. The maximum Gasteiger partial charge on any atom is 0.119 e. The van der Waals surface area contributed by atoms with Gasteiger partial charge in [0.1, 0.15) is 5.75 Å². The topological polar surface area (TPSA) is 29.5 Å². The zero-order valence-corrected chi connectivity index (χ0v) is 10.8. The molecule has 0 aromatic heterocycles. The van der Waals surface area contributed by atoms with Crippen molar-refractivity contribution in [1.82, 2.24) is 0 Å². The molecule has 0 spiro atoms. The van der Waals surface area contributed by atoms with Crippen molar-refractivity contribution < 1.29 is 9.84 Å². The van der Waals surface area contributed by atoms with E-state index >= 15 is 0 Å². The van der Waals surface area contributed by atoms with Crippen LogP contribution in [0.1, 0.15) is 38.8 Å². The number of methoxy groups -OCH3 is 1. The van der Waals surface area contributed by atoms with E-state index in [1.807, 2.05) is 19.1 Å². The molecule has 2 heteroatoms. The smallest absolute Gasteiger partial charge is 0.119 e. The van der Waals surface area contributed by atoms with Crippen LogP contribution in [0, 0.1) is 5.92 Å². The van der Waals surface area contributed by atoms with E-state index in [1.165, 1.54) is 5.56 Å². The van der Waals surface area contributed by atoms with Crippen LogP contribution in [0.5, 0.6) is 5.75 Å². The monoisotopic (exact) mass is 221 g/mol. The number of rotatable bonds is 3. The Labute approximate surface area is 98.3 Å². The zero-order valence-electron chi connectivity index (χ0n) is 10.8. The number of ether oxygens (including phenoxy) is 1. The maximum atomic E-state index is 9.26. The molecular formula is C14H21O2. The third kappa shape index (κ3) is 2.76. The highest BCUT2D eigenvalue weighted by Gasteiger charge is 2.21. The molecule has 1 N–H and O–H groups in total. The highest BCUT2D eigenvalue weighted by Crippen LogP contribution is 2.32. The molecule has 0 unspecified atom stereocenters. The Morgan fingerprint density at radius 3 is 2.38 bits per heavy atom. The van der Waals surface area contributed by atoms with Gasteiger partial charge in [-0.25, -0.2) is 0 Å². The molecule has 1 rings (SSSR count). The SMILES string of the molecule is COc1ccc(C(C)(C)C)c([C](C)CO)c1. The summed E-state index contributed by atoms with van der Waals surface area (Å²) in [5, 5.41) is 9.26. The van der Waals surface area contributed by atoms with Crippen molar-refractivity contribution >= 4 is 0 Å². The Morgan fingerprint density at radius 2 is 1.94 bits per heavy atom. The van der Waals surface area contributed by atoms with Crippen molar-refractivity contribution in [2.24, 2.45) is 0 Å². The second-order valence-corrected chi connectivity index (χ2v) is 5.10. The largest absolute Gasteiger partial charge is 0.497 e. The minimum atomic E-state index is 0.0675. The molecule has 0 saturated carbocycles. The number of benzene rings is 1. The molecule has 2 nitrogen and oxygen atoms in total. The zero-order chi connectivity index (χ0) is 12.3. The van der Waals surface area contributed by atoms with Crippen LogP contribution in [0.25, 0.3) is 0 Å². The second kappa shape index (κ2) is 4.88. The molecule has 1 aromatic carbocycles. The molecule has 1 radical (unpaired) electrons. The number of aliphatic hydroxyl groups excluding tert-OH is 1. The molecule has 0 saturated heterocycles. The molecule has 0 bridgehead atoms. The van der Waals surface area contributed by atoms with Crippen molar-refractivity contribution in [3.05, 3.63) is 35.2 Å². The molecule has 0 fully saturated rings. The van der Waals surface area contributed by atoms with Crippen LogP contribution in [0.4, 0.5) is 0 Å². The molecule has 0 aliphatic carbocycles. The van der Waals surface area contributed by atoms with Crippen LogP contribution in [0.15, 0.2) is 18.2 Å². The van der Waals surface area contributed by atoms with Gasteiger partial charge in [-0.15, -0.1) is 0 Å². The van der Waals surface area contributed by atoms with Crippen LogP contribution in [0.2, 0.25) is 0 Å².